The lowest BCUT2D eigenvalue weighted by Gasteiger charge is -2.16. The van der Waals surface area contributed by atoms with Gasteiger partial charge in [0.15, 0.2) is 6.04 Å². The maximum absolute atomic E-state index is 13.2. The van der Waals surface area contributed by atoms with Crippen LogP contribution in [0.3, 0.4) is 0 Å². The smallest absolute Gasteiger partial charge is 0.330 e. The summed E-state index contributed by atoms with van der Waals surface area (Å²) < 4.78 is 26.0. The van der Waals surface area contributed by atoms with Crippen LogP contribution in [0.5, 0.6) is 5.75 Å². The fourth-order valence-corrected chi connectivity index (χ4v) is 1.76. The van der Waals surface area contributed by atoms with E-state index in [4.69, 9.17) is 0 Å². The molecule has 0 aliphatic rings. The largest absolute Gasteiger partial charge is 0.508 e. The van der Waals surface area contributed by atoms with E-state index in [0.717, 1.165) is 18.2 Å². The Labute approximate surface area is 113 Å². The number of benzene rings is 2. The lowest BCUT2D eigenvalue weighted by atomic mass is 10.1. The van der Waals surface area contributed by atoms with Crippen LogP contribution < -0.4 is 5.32 Å². The summed E-state index contributed by atoms with van der Waals surface area (Å²) in [7, 11) is 0. The van der Waals surface area contributed by atoms with E-state index in [2.05, 4.69) is 5.32 Å². The molecule has 2 rings (SSSR count). The normalized spacial score (nSPS) is 11.9. The third-order valence-electron chi connectivity index (χ3n) is 2.64. The van der Waals surface area contributed by atoms with Crippen molar-refractivity contribution in [2.45, 2.75) is 6.04 Å². The molecular formula is C14H11F2NO3. The highest BCUT2D eigenvalue weighted by atomic mass is 19.1. The van der Waals surface area contributed by atoms with Crippen molar-refractivity contribution in [1.82, 2.24) is 0 Å². The number of aromatic hydroxyl groups is 1. The molecule has 3 N–H and O–H groups in total. The SMILES string of the molecule is O=C(O)C(Nc1ccc(F)cc1)c1cc(O)cc(F)c1. The van der Waals surface area contributed by atoms with Gasteiger partial charge in [-0.15, -0.1) is 0 Å². The molecule has 0 amide bonds. The van der Waals surface area contributed by atoms with Crippen LogP contribution in [0.25, 0.3) is 0 Å². The number of carboxylic acids is 1. The summed E-state index contributed by atoms with van der Waals surface area (Å²) in [5.74, 6) is -2.82. The molecule has 0 aromatic heterocycles. The molecule has 20 heavy (non-hydrogen) atoms. The predicted octanol–water partition coefficient (Wildman–Crippen LogP) is 2.91. The molecule has 0 aliphatic heterocycles. The Morgan fingerprint density at radius 2 is 1.70 bits per heavy atom. The molecule has 2 aromatic carbocycles. The summed E-state index contributed by atoms with van der Waals surface area (Å²) in [5.41, 5.74) is 0.418. The van der Waals surface area contributed by atoms with Crippen LogP contribution in [0.1, 0.15) is 11.6 Å². The van der Waals surface area contributed by atoms with E-state index in [1.54, 1.807) is 0 Å². The molecule has 0 fully saturated rings. The molecular weight excluding hydrogens is 268 g/mol. The van der Waals surface area contributed by atoms with Gasteiger partial charge in [-0.2, -0.15) is 0 Å². The van der Waals surface area contributed by atoms with E-state index in [0.29, 0.717) is 5.69 Å². The standard InChI is InChI=1S/C14H11F2NO3/c15-9-1-3-11(4-2-9)17-13(14(19)20)8-5-10(16)7-12(18)6-8/h1-7,13,17-18H,(H,19,20). The molecule has 0 aliphatic carbocycles. The third-order valence-corrected chi connectivity index (χ3v) is 2.64. The van der Waals surface area contributed by atoms with Crippen LogP contribution in [0.15, 0.2) is 42.5 Å². The zero-order chi connectivity index (χ0) is 14.7. The topological polar surface area (TPSA) is 69.6 Å². The average Bonchev–Trinajstić information content (AvgIpc) is 2.36. The molecule has 104 valence electrons. The quantitative estimate of drug-likeness (QED) is 0.805. The Hall–Kier alpha value is -2.63. The number of phenolic OH excluding ortho intramolecular Hbond substituents is 1. The first-order chi connectivity index (χ1) is 9.45. The molecule has 4 nitrogen and oxygen atoms in total. The van der Waals surface area contributed by atoms with Crippen molar-refractivity contribution in [3.63, 3.8) is 0 Å². The van der Waals surface area contributed by atoms with Gasteiger partial charge in [-0.1, -0.05) is 0 Å². The highest BCUT2D eigenvalue weighted by Crippen LogP contribution is 2.24. The Balaban J connectivity index is 2.31. The molecule has 0 bridgehead atoms. The lowest BCUT2D eigenvalue weighted by molar-refractivity contribution is -0.138. The van der Waals surface area contributed by atoms with Gasteiger partial charge in [-0.25, -0.2) is 13.6 Å². The zero-order valence-electron chi connectivity index (χ0n) is 10.2. The van der Waals surface area contributed by atoms with Gasteiger partial charge in [0.2, 0.25) is 0 Å². The molecule has 2 aromatic rings. The minimum absolute atomic E-state index is 0.0549. The number of anilines is 1. The van der Waals surface area contributed by atoms with Crippen LogP contribution in [0, 0.1) is 11.6 Å². The van der Waals surface area contributed by atoms with E-state index in [1.165, 1.54) is 24.3 Å². The highest BCUT2D eigenvalue weighted by molar-refractivity contribution is 5.79. The highest BCUT2D eigenvalue weighted by Gasteiger charge is 2.21. The Kier molecular flexibility index (Phi) is 3.84. The summed E-state index contributed by atoms with van der Waals surface area (Å²) in [4.78, 5) is 11.3. The molecule has 6 heteroatoms. The number of carbonyl (C=O) groups is 1. The van der Waals surface area contributed by atoms with Crippen LogP contribution in [-0.2, 0) is 4.79 Å². The Morgan fingerprint density at radius 3 is 2.25 bits per heavy atom. The minimum atomic E-state index is -1.26. The van der Waals surface area contributed by atoms with Gasteiger partial charge >= 0.3 is 5.97 Å². The molecule has 0 saturated carbocycles. The summed E-state index contributed by atoms with van der Waals surface area (Å²) >= 11 is 0. The first kappa shape index (κ1) is 13.8. The second kappa shape index (κ2) is 5.56. The molecule has 0 saturated heterocycles. The van der Waals surface area contributed by atoms with Crippen molar-refractivity contribution in [1.29, 1.82) is 0 Å². The van der Waals surface area contributed by atoms with Crippen LogP contribution in [-0.4, -0.2) is 16.2 Å². The summed E-state index contributed by atoms with van der Waals surface area (Å²) in [6.07, 6.45) is 0. The van der Waals surface area contributed by atoms with E-state index in [-0.39, 0.29) is 11.3 Å². The molecule has 0 spiro atoms. The summed E-state index contributed by atoms with van der Waals surface area (Å²) in [6.45, 7) is 0. The number of rotatable bonds is 4. The van der Waals surface area contributed by atoms with Crippen molar-refractivity contribution >= 4 is 11.7 Å². The van der Waals surface area contributed by atoms with Crippen molar-refractivity contribution in [2.75, 3.05) is 5.32 Å². The molecule has 1 atom stereocenters. The maximum atomic E-state index is 13.2. The molecule has 0 radical (unpaired) electrons. The van der Waals surface area contributed by atoms with Crippen LogP contribution in [0.4, 0.5) is 14.5 Å². The lowest BCUT2D eigenvalue weighted by Crippen LogP contribution is -2.20. The second-order valence-corrected chi connectivity index (χ2v) is 4.17. The monoisotopic (exact) mass is 279 g/mol. The van der Waals surface area contributed by atoms with Crippen molar-refractivity contribution in [2.24, 2.45) is 0 Å². The Morgan fingerprint density at radius 1 is 1.05 bits per heavy atom. The third kappa shape index (κ3) is 3.23. The van der Waals surface area contributed by atoms with Crippen LogP contribution >= 0.6 is 0 Å². The molecule has 1 unspecified atom stereocenters. The van der Waals surface area contributed by atoms with Crippen molar-refractivity contribution < 1.29 is 23.8 Å². The first-order valence-corrected chi connectivity index (χ1v) is 5.70. The van der Waals surface area contributed by atoms with Gasteiger partial charge in [0.1, 0.15) is 17.4 Å². The van der Waals surface area contributed by atoms with E-state index in [9.17, 15) is 23.8 Å². The second-order valence-electron chi connectivity index (χ2n) is 4.17. The number of nitrogens with one attached hydrogen (secondary N) is 1. The number of aliphatic carboxylic acids is 1. The first-order valence-electron chi connectivity index (χ1n) is 5.70. The Bertz CT molecular complexity index is 609. The molecule has 0 heterocycles. The summed E-state index contributed by atoms with van der Waals surface area (Å²) in [5, 5.41) is 21.1. The van der Waals surface area contributed by atoms with Gasteiger partial charge < -0.3 is 15.5 Å². The average molecular weight is 279 g/mol. The maximum Gasteiger partial charge on any atom is 0.330 e. The van der Waals surface area contributed by atoms with Crippen molar-refractivity contribution in [3.05, 3.63) is 59.7 Å². The fourth-order valence-electron chi connectivity index (χ4n) is 1.76. The van der Waals surface area contributed by atoms with Gasteiger partial charge in [0.05, 0.1) is 0 Å². The number of carboxylic acid groups (broad SMARTS) is 1. The minimum Gasteiger partial charge on any atom is -0.508 e. The summed E-state index contributed by atoms with van der Waals surface area (Å²) in [6, 6.07) is 6.85. The van der Waals surface area contributed by atoms with Gasteiger partial charge in [-0.05, 0) is 42.0 Å². The van der Waals surface area contributed by atoms with Gasteiger partial charge in [0.25, 0.3) is 0 Å². The van der Waals surface area contributed by atoms with Gasteiger partial charge in [-0.3, -0.25) is 0 Å². The van der Waals surface area contributed by atoms with Gasteiger partial charge in [0, 0.05) is 11.8 Å². The number of phenols is 1. The van der Waals surface area contributed by atoms with E-state index >= 15 is 0 Å². The van der Waals surface area contributed by atoms with E-state index in [1.807, 2.05) is 0 Å². The number of halogens is 2. The van der Waals surface area contributed by atoms with E-state index < -0.39 is 23.6 Å². The number of hydrogen-bond acceptors (Lipinski definition) is 3. The van der Waals surface area contributed by atoms with Crippen molar-refractivity contribution in [3.8, 4) is 5.75 Å². The fraction of sp³-hybridized carbons (Fsp3) is 0.0714. The zero-order valence-corrected chi connectivity index (χ0v) is 10.2. The van der Waals surface area contributed by atoms with Crippen LogP contribution in [0.2, 0.25) is 0 Å². The predicted molar refractivity (Wildman–Crippen MR) is 68.5 cm³/mol. The number of hydrogen-bond donors (Lipinski definition) is 3.